The van der Waals surface area contributed by atoms with Crippen molar-refractivity contribution in [2.45, 2.75) is 31.9 Å². The van der Waals surface area contributed by atoms with Gasteiger partial charge in [0.1, 0.15) is 12.0 Å². The van der Waals surface area contributed by atoms with Gasteiger partial charge in [0.2, 0.25) is 0 Å². The van der Waals surface area contributed by atoms with E-state index in [2.05, 4.69) is 5.32 Å². The van der Waals surface area contributed by atoms with Gasteiger partial charge in [-0.2, -0.15) is 0 Å². The fourth-order valence-electron chi connectivity index (χ4n) is 1.48. The molecule has 0 aromatic heterocycles. The largest absolute Gasteiger partial charge is 0.479 e. The van der Waals surface area contributed by atoms with Crippen molar-refractivity contribution < 1.29 is 14.3 Å². The summed E-state index contributed by atoms with van der Waals surface area (Å²) in [6.45, 7) is 1.67. The van der Waals surface area contributed by atoms with Gasteiger partial charge in [0.25, 0.3) is 5.91 Å². The van der Waals surface area contributed by atoms with Gasteiger partial charge in [0.15, 0.2) is 6.10 Å². The Morgan fingerprint density at radius 2 is 2.28 bits per heavy atom. The molecule has 0 spiro atoms. The van der Waals surface area contributed by atoms with Crippen molar-refractivity contribution in [3.05, 3.63) is 28.8 Å². The Hall–Kier alpha value is -1.55. The molecule has 0 radical (unpaired) electrons. The zero-order chi connectivity index (χ0) is 13.1. The lowest BCUT2D eigenvalue weighted by molar-refractivity contribution is -0.127. The van der Waals surface area contributed by atoms with Gasteiger partial charge in [-0.1, -0.05) is 11.6 Å². The molecule has 1 aromatic rings. The molecule has 1 saturated carbocycles. The Morgan fingerprint density at radius 3 is 2.83 bits per heavy atom. The molecule has 1 aliphatic carbocycles. The summed E-state index contributed by atoms with van der Waals surface area (Å²) in [5.74, 6) is 0.258. The van der Waals surface area contributed by atoms with Gasteiger partial charge in [0.05, 0.1) is 5.02 Å². The summed E-state index contributed by atoms with van der Waals surface area (Å²) in [4.78, 5) is 22.3. The Morgan fingerprint density at radius 1 is 1.56 bits per heavy atom. The molecule has 1 N–H and O–H groups in total. The number of carbonyl (C=O) groups excluding carboxylic acids is 2. The molecular weight excluding hydrogens is 254 g/mol. The number of hydrogen-bond donors (Lipinski definition) is 1. The van der Waals surface area contributed by atoms with Crippen LogP contribution in [0.3, 0.4) is 0 Å². The van der Waals surface area contributed by atoms with Gasteiger partial charge in [-0.25, -0.2) is 0 Å². The monoisotopic (exact) mass is 267 g/mol. The smallest absolute Gasteiger partial charge is 0.260 e. The fourth-order valence-corrected chi connectivity index (χ4v) is 1.71. The first kappa shape index (κ1) is 12.9. The van der Waals surface area contributed by atoms with E-state index in [0.717, 1.165) is 12.8 Å². The van der Waals surface area contributed by atoms with Crippen LogP contribution in [0.15, 0.2) is 18.2 Å². The number of rotatable bonds is 5. The van der Waals surface area contributed by atoms with Crippen LogP contribution in [-0.2, 0) is 4.79 Å². The van der Waals surface area contributed by atoms with Crippen LogP contribution in [0, 0.1) is 0 Å². The van der Waals surface area contributed by atoms with Crippen molar-refractivity contribution >= 4 is 23.8 Å². The van der Waals surface area contributed by atoms with E-state index in [4.69, 9.17) is 16.3 Å². The van der Waals surface area contributed by atoms with Crippen molar-refractivity contribution in [3.8, 4) is 5.75 Å². The minimum atomic E-state index is -0.606. The molecule has 1 fully saturated rings. The highest BCUT2D eigenvalue weighted by Crippen LogP contribution is 2.26. The molecule has 5 heteroatoms. The molecule has 0 saturated heterocycles. The molecular formula is C13H14ClNO3. The predicted molar refractivity (Wildman–Crippen MR) is 68.1 cm³/mol. The van der Waals surface area contributed by atoms with Crippen molar-refractivity contribution in [2.75, 3.05) is 0 Å². The lowest BCUT2D eigenvalue weighted by atomic mass is 10.2. The highest BCUT2D eigenvalue weighted by Gasteiger charge is 2.26. The summed E-state index contributed by atoms with van der Waals surface area (Å²) in [5, 5.41) is 3.18. The number of amides is 1. The Labute approximate surface area is 110 Å². The second kappa shape index (κ2) is 5.40. The van der Waals surface area contributed by atoms with Crippen LogP contribution >= 0.6 is 11.6 Å². The van der Waals surface area contributed by atoms with E-state index in [1.165, 1.54) is 6.07 Å². The third-order valence-electron chi connectivity index (χ3n) is 2.69. The van der Waals surface area contributed by atoms with E-state index < -0.39 is 6.10 Å². The Kier molecular flexibility index (Phi) is 3.87. The molecule has 18 heavy (non-hydrogen) atoms. The summed E-state index contributed by atoms with van der Waals surface area (Å²) in [6.07, 6.45) is 2.17. The topological polar surface area (TPSA) is 55.4 Å². The lowest BCUT2D eigenvalue weighted by Gasteiger charge is -2.15. The average Bonchev–Trinajstić information content (AvgIpc) is 3.15. The summed E-state index contributed by atoms with van der Waals surface area (Å²) < 4.78 is 5.48. The molecule has 4 nitrogen and oxygen atoms in total. The molecule has 1 unspecified atom stereocenters. The molecule has 0 bridgehead atoms. The van der Waals surface area contributed by atoms with Gasteiger partial charge < -0.3 is 10.1 Å². The van der Waals surface area contributed by atoms with Crippen LogP contribution in [0.5, 0.6) is 5.75 Å². The van der Waals surface area contributed by atoms with Crippen LogP contribution in [0.25, 0.3) is 0 Å². The van der Waals surface area contributed by atoms with Crippen LogP contribution in [0.4, 0.5) is 0 Å². The van der Waals surface area contributed by atoms with Crippen molar-refractivity contribution in [1.82, 2.24) is 5.32 Å². The van der Waals surface area contributed by atoms with Gasteiger partial charge in [-0.3, -0.25) is 9.59 Å². The van der Waals surface area contributed by atoms with E-state index >= 15 is 0 Å². The number of ether oxygens (including phenoxy) is 1. The molecule has 0 heterocycles. The highest BCUT2D eigenvalue weighted by molar-refractivity contribution is 6.32. The first-order valence-electron chi connectivity index (χ1n) is 5.82. The molecule has 1 aromatic carbocycles. The molecule has 1 atom stereocenters. The van der Waals surface area contributed by atoms with Crippen LogP contribution in [0.2, 0.25) is 5.02 Å². The zero-order valence-electron chi connectivity index (χ0n) is 9.98. The number of benzene rings is 1. The van der Waals surface area contributed by atoms with Gasteiger partial charge in [0, 0.05) is 11.6 Å². The first-order valence-corrected chi connectivity index (χ1v) is 6.19. The average molecular weight is 268 g/mol. The maximum atomic E-state index is 11.7. The highest BCUT2D eigenvalue weighted by atomic mass is 35.5. The van der Waals surface area contributed by atoms with Gasteiger partial charge in [-0.05, 0) is 38.0 Å². The van der Waals surface area contributed by atoms with E-state index in [-0.39, 0.29) is 5.91 Å². The molecule has 0 aliphatic heterocycles. The Balaban J connectivity index is 1.99. The molecule has 96 valence electrons. The van der Waals surface area contributed by atoms with E-state index in [0.29, 0.717) is 28.7 Å². The third kappa shape index (κ3) is 3.23. The summed E-state index contributed by atoms with van der Waals surface area (Å²) >= 11 is 5.96. The van der Waals surface area contributed by atoms with Crippen LogP contribution in [-0.4, -0.2) is 24.3 Å². The fraction of sp³-hybridized carbons (Fsp3) is 0.385. The molecule has 1 amide bonds. The lowest BCUT2D eigenvalue weighted by Crippen LogP contribution is -2.37. The summed E-state index contributed by atoms with van der Waals surface area (Å²) in [7, 11) is 0. The van der Waals surface area contributed by atoms with Crippen molar-refractivity contribution in [3.63, 3.8) is 0 Å². The number of halogens is 1. The number of aldehydes is 1. The summed E-state index contributed by atoms with van der Waals surface area (Å²) in [6, 6.07) is 5.00. The van der Waals surface area contributed by atoms with E-state index in [1.807, 2.05) is 0 Å². The number of carbonyl (C=O) groups is 2. The maximum absolute atomic E-state index is 11.7. The number of nitrogens with one attached hydrogen (secondary N) is 1. The molecule has 1 aliphatic rings. The predicted octanol–water partition coefficient (Wildman–Crippen LogP) is 2.20. The quantitative estimate of drug-likeness (QED) is 0.832. The van der Waals surface area contributed by atoms with Crippen molar-refractivity contribution in [2.24, 2.45) is 0 Å². The first-order chi connectivity index (χ1) is 8.60. The standard InChI is InChI=1S/C13H14ClNO3/c1-8(13(17)15-10-3-4-10)18-12-5-2-9(7-16)6-11(12)14/h2,5-8,10H,3-4H2,1H3,(H,15,17). The van der Waals surface area contributed by atoms with E-state index in [1.54, 1.807) is 19.1 Å². The Bertz CT molecular complexity index is 471. The zero-order valence-corrected chi connectivity index (χ0v) is 10.7. The second-order valence-electron chi connectivity index (χ2n) is 4.35. The minimum absolute atomic E-state index is 0.145. The summed E-state index contributed by atoms with van der Waals surface area (Å²) in [5.41, 5.74) is 0.474. The van der Waals surface area contributed by atoms with Crippen molar-refractivity contribution in [1.29, 1.82) is 0 Å². The van der Waals surface area contributed by atoms with E-state index in [9.17, 15) is 9.59 Å². The van der Waals surface area contributed by atoms with Crippen LogP contribution < -0.4 is 10.1 Å². The van der Waals surface area contributed by atoms with Gasteiger partial charge >= 0.3 is 0 Å². The second-order valence-corrected chi connectivity index (χ2v) is 4.76. The minimum Gasteiger partial charge on any atom is -0.479 e. The SMILES string of the molecule is CC(Oc1ccc(C=O)cc1Cl)C(=O)NC1CC1. The van der Waals surface area contributed by atoms with Gasteiger partial charge in [-0.15, -0.1) is 0 Å². The third-order valence-corrected chi connectivity index (χ3v) is 2.98. The normalized spacial score (nSPS) is 15.9. The maximum Gasteiger partial charge on any atom is 0.260 e. The molecule has 2 rings (SSSR count). The van der Waals surface area contributed by atoms with Crippen LogP contribution in [0.1, 0.15) is 30.1 Å². The number of hydrogen-bond acceptors (Lipinski definition) is 3.